The number of carbonyl (C=O) groups excluding carboxylic acids is 1. The summed E-state index contributed by atoms with van der Waals surface area (Å²) in [7, 11) is 0. The van der Waals surface area contributed by atoms with Gasteiger partial charge in [0.2, 0.25) is 5.88 Å². The highest BCUT2D eigenvalue weighted by Crippen LogP contribution is 2.33. The van der Waals surface area contributed by atoms with Crippen LogP contribution < -0.4 is 14.8 Å². The number of H-pyrrole nitrogens is 1. The molecule has 0 radical (unpaired) electrons. The average molecular weight is 581 g/mol. The SMILES string of the molecule is C[C@@H](CN1CCC(NC(=O)Oc2cc3c(OCc4coc5cccc(Cl)c45)cccc3[nH]2)CC1)N1CCC(O)CC1. The van der Waals surface area contributed by atoms with Crippen LogP contribution in [-0.2, 0) is 6.61 Å². The van der Waals surface area contributed by atoms with E-state index in [1.807, 2.05) is 36.4 Å². The van der Waals surface area contributed by atoms with E-state index in [2.05, 4.69) is 27.0 Å². The summed E-state index contributed by atoms with van der Waals surface area (Å²) in [4.78, 5) is 20.8. The van der Waals surface area contributed by atoms with E-state index in [0.717, 1.165) is 85.8 Å². The van der Waals surface area contributed by atoms with E-state index in [9.17, 15) is 9.90 Å². The lowest BCUT2D eigenvalue weighted by Crippen LogP contribution is -2.50. The molecule has 0 bridgehead atoms. The first kappa shape index (κ1) is 27.9. The van der Waals surface area contributed by atoms with Gasteiger partial charge in [-0.25, -0.2) is 4.79 Å². The molecule has 9 nitrogen and oxygen atoms in total. The van der Waals surface area contributed by atoms with Crippen molar-refractivity contribution in [2.45, 2.75) is 57.4 Å². The maximum atomic E-state index is 12.7. The van der Waals surface area contributed by atoms with Gasteiger partial charge in [-0.3, -0.25) is 4.90 Å². The van der Waals surface area contributed by atoms with Gasteiger partial charge in [-0.2, -0.15) is 0 Å². The largest absolute Gasteiger partial charge is 0.488 e. The van der Waals surface area contributed by atoms with E-state index in [0.29, 0.717) is 22.7 Å². The number of benzene rings is 2. The number of ether oxygens (including phenoxy) is 2. The van der Waals surface area contributed by atoms with Gasteiger partial charge in [0.1, 0.15) is 17.9 Å². The van der Waals surface area contributed by atoms with Crippen LogP contribution in [-0.4, -0.2) is 76.9 Å². The number of carbonyl (C=O) groups is 1. The van der Waals surface area contributed by atoms with Crippen molar-refractivity contribution in [1.29, 1.82) is 0 Å². The summed E-state index contributed by atoms with van der Waals surface area (Å²) in [6.07, 6.45) is 4.56. The molecule has 2 saturated heterocycles. The zero-order valence-electron chi connectivity index (χ0n) is 23.3. The molecule has 3 N–H and O–H groups in total. The second kappa shape index (κ2) is 12.3. The molecule has 2 aliphatic rings. The summed E-state index contributed by atoms with van der Waals surface area (Å²) in [6, 6.07) is 13.6. The number of nitrogens with one attached hydrogen (secondary N) is 2. The van der Waals surface area contributed by atoms with Crippen LogP contribution in [0, 0.1) is 0 Å². The van der Waals surface area contributed by atoms with Crippen LogP contribution in [0.2, 0.25) is 5.02 Å². The summed E-state index contributed by atoms with van der Waals surface area (Å²) in [5, 5.41) is 15.1. The highest BCUT2D eigenvalue weighted by molar-refractivity contribution is 6.35. The lowest BCUT2D eigenvalue weighted by molar-refractivity contribution is 0.0501. The minimum absolute atomic E-state index is 0.0825. The molecule has 4 heterocycles. The average Bonchev–Trinajstić information content (AvgIpc) is 3.58. The molecule has 0 aliphatic carbocycles. The fourth-order valence-corrected chi connectivity index (χ4v) is 6.31. The first-order valence-electron chi connectivity index (χ1n) is 14.4. The number of hydrogen-bond donors (Lipinski definition) is 3. The Kier molecular flexibility index (Phi) is 8.39. The maximum Gasteiger partial charge on any atom is 0.414 e. The van der Waals surface area contributed by atoms with Crippen molar-refractivity contribution >= 4 is 39.6 Å². The highest BCUT2D eigenvalue weighted by Gasteiger charge is 2.26. The number of aromatic nitrogens is 1. The quantitative estimate of drug-likeness (QED) is 0.251. The Morgan fingerprint density at radius 2 is 1.93 bits per heavy atom. The number of likely N-dealkylation sites (tertiary alicyclic amines) is 2. The smallest absolute Gasteiger partial charge is 0.414 e. The maximum absolute atomic E-state index is 12.7. The zero-order chi connectivity index (χ0) is 28.3. The molecule has 2 aliphatic heterocycles. The van der Waals surface area contributed by atoms with Gasteiger partial charge in [-0.1, -0.05) is 23.7 Å². The number of halogens is 1. The molecule has 10 heteroatoms. The fraction of sp³-hybridized carbons (Fsp3) is 0.452. The van der Waals surface area contributed by atoms with Gasteiger partial charge in [-0.15, -0.1) is 0 Å². The van der Waals surface area contributed by atoms with Gasteiger partial charge in [0.05, 0.1) is 22.9 Å². The molecule has 1 amide bonds. The normalized spacial score (nSPS) is 18.6. The van der Waals surface area contributed by atoms with Crippen LogP contribution in [0.5, 0.6) is 11.6 Å². The number of furan rings is 1. The number of nitrogens with zero attached hydrogens (tertiary/aromatic N) is 2. The van der Waals surface area contributed by atoms with Gasteiger partial charge in [0.15, 0.2) is 0 Å². The number of fused-ring (bicyclic) bond motifs is 2. The van der Waals surface area contributed by atoms with Gasteiger partial charge < -0.3 is 34.2 Å². The Bertz CT molecular complexity index is 1490. The van der Waals surface area contributed by atoms with E-state index in [1.54, 1.807) is 12.3 Å². The molecule has 0 unspecified atom stereocenters. The van der Waals surface area contributed by atoms with Crippen molar-refractivity contribution < 1.29 is 23.8 Å². The third-order valence-corrected chi connectivity index (χ3v) is 8.68. The van der Waals surface area contributed by atoms with Crippen molar-refractivity contribution in [3.8, 4) is 11.6 Å². The Labute approximate surface area is 244 Å². The molecule has 2 fully saturated rings. The van der Waals surface area contributed by atoms with E-state index in [-0.39, 0.29) is 18.8 Å². The molecule has 6 rings (SSSR count). The molecule has 4 aromatic rings. The summed E-state index contributed by atoms with van der Waals surface area (Å²) in [5.74, 6) is 1.03. The Balaban J connectivity index is 1.000. The summed E-state index contributed by atoms with van der Waals surface area (Å²) in [6.45, 7) is 7.37. The summed E-state index contributed by atoms with van der Waals surface area (Å²) < 4.78 is 17.4. The Morgan fingerprint density at radius 1 is 1.15 bits per heavy atom. The molecule has 41 heavy (non-hydrogen) atoms. The van der Waals surface area contributed by atoms with Crippen LogP contribution in [0.3, 0.4) is 0 Å². The van der Waals surface area contributed by atoms with Crippen molar-refractivity contribution in [2.75, 3.05) is 32.7 Å². The van der Waals surface area contributed by atoms with E-state index in [1.165, 1.54) is 0 Å². The highest BCUT2D eigenvalue weighted by atomic mass is 35.5. The number of hydrogen-bond acceptors (Lipinski definition) is 7. The van der Waals surface area contributed by atoms with Crippen LogP contribution in [0.15, 0.2) is 53.1 Å². The summed E-state index contributed by atoms with van der Waals surface area (Å²) in [5.41, 5.74) is 2.39. The zero-order valence-corrected chi connectivity index (χ0v) is 24.0. The van der Waals surface area contributed by atoms with Crippen molar-refractivity contribution in [3.05, 3.63) is 59.3 Å². The third-order valence-electron chi connectivity index (χ3n) is 8.36. The second-order valence-electron chi connectivity index (χ2n) is 11.2. The van der Waals surface area contributed by atoms with Crippen LogP contribution >= 0.6 is 11.6 Å². The van der Waals surface area contributed by atoms with Crippen LogP contribution in [0.1, 0.15) is 38.2 Å². The Hall–Kier alpha value is -3.24. The van der Waals surface area contributed by atoms with E-state index in [4.69, 9.17) is 25.5 Å². The van der Waals surface area contributed by atoms with Crippen molar-refractivity contribution in [3.63, 3.8) is 0 Å². The molecule has 1 atom stereocenters. The molecule has 218 valence electrons. The van der Waals surface area contributed by atoms with Gasteiger partial charge in [0.25, 0.3) is 0 Å². The topological polar surface area (TPSA) is 103 Å². The fourth-order valence-electron chi connectivity index (χ4n) is 6.02. The van der Waals surface area contributed by atoms with Gasteiger partial charge in [0, 0.05) is 67.2 Å². The van der Waals surface area contributed by atoms with Crippen molar-refractivity contribution in [1.82, 2.24) is 20.1 Å². The Morgan fingerprint density at radius 3 is 2.73 bits per heavy atom. The number of aliphatic hydroxyl groups excluding tert-OH is 1. The van der Waals surface area contributed by atoms with Crippen molar-refractivity contribution in [2.24, 2.45) is 0 Å². The predicted molar refractivity (Wildman–Crippen MR) is 159 cm³/mol. The van der Waals surface area contributed by atoms with Gasteiger partial charge >= 0.3 is 6.09 Å². The molecular formula is C31H37ClN4O5. The lowest BCUT2D eigenvalue weighted by atomic mass is 10.0. The molecule has 0 spiro atoms. The predicted octanol–water partition coefficient (Wildman–Crippen LogP) is 5.54. The molecule has 0 saturated carbocycles. The lowest BCUT2D eigenvalue weighted by Gasteiger charge is -2.39. The number of piperidine rings is 2. The van der Waals surface area contributed by atoms with Crippen LogP contribution in [0.4, 0.5) is 4.79 Å². The number of aliphatic hydroxyl groups is 1. The first-order chi connectivity index (χ1) is 19.9. The van der Waals surface area contributed by atoms with Gasteiger partial charge in [-0.05, 0) is 56.9 Å². The minimum Gasteiger partial charge on any atom is -0.488 e. The minimum atomic E-state index is -0.461. The van der Waals surface area contributed by atoms with E-state index >= 15 is 0 Å². The second-order valence-corrected chi connectivity index (χ2v) is 11.6. The number of amides is 1. The number of aromatic amines is 1. The number of rotatable bonds is 8. The summed E-state index contributed by atoms with van der Waals surface area (Å²) >= 11 is 6.38. The standard InChI is InChI=1S/C31H37ClN4O5/c1-20(36-14-10-23(37)11-15-36)17-35-12-8-22(9-13-35)33-31(38)41-29-16-24-26(34-29)5-3-6-27(24)39-18-21-19-40-28-7-2-4-25(32)30(21)28/h2-7,16,19-20,22-23,34,37H,8-15,17-18H2,1H3,(H,33,38)/t20-/m0/s1. The molecular weight excluding hydrogens is 544 g/mol. The van der Waals surface area contributed by atoms with E-state index < -0.39 is 6.09 Å². The molecule has 2 aromatic carbocycles. The third kappa shape index (κ3) is 6.48. The molecule has 2 aromatic heterocycles. The monoisotopic (exact) mass is 580 g/mol. The van der Waals surface area contributed by atoms with Crippen LogP contribution in [0.25, 0.3) is 21.9 Å². The first-order valence-corrected chi connectivity index (χ1v) is 14.8.